The summed E-state index contributed by atoms with van der Waals surface area (Å²) in [4.78, 5) is 28.3. The van der Waals surface area contributed by atoms with Gasteiger partial charge in [-0.1, -0.05) is 17.7 Å². The first-order valence-corrected chi connectivity index (χ1v) is 10.2. The summed E-state index contributed by atoms with van der Waals surface area (Å²) in [6.07, 6.45) is 3.15. The Morgan fingerprint density at radius 1 is 1.28 bits per heavy atom. The molecule has 0 saturated carbocycles. The number of H-pyrrole nitrogens is 1. The van der Waals surface area contributed by atoms with Gasteiger partial charge in [0.25, 0.3) is 5.56 Å². The predicted molar refractivity (Wildman–Crippen MR) is 122 cm³/mol. The fourth-order valence-corrected chi connectivity index (χ4v) is 3.44. The van der Waals surface area contributed by atoms with Crippen molar-refractivity contribution in [3.8, 4) is 11.8 Å². The molecule has 0 spiro atoms. The summed E-state index contributed by atoms with van der Waals surface area (Å²) < 4.78 is 5.79. The maximum absolute atomic E-state index is 12.7. The van der Waals surface area contributed by atoms with Gasteiger partial charge >= 0.3 is 0 Å². The lowest BCUT2D eigenvalue weighted by Gasteiger charge is -2.15. The van der Waals surface area contributed by atoms with Crippen molar-refractivity contribution in [2.24, 2.45) is 0 Å². The van der Waals surface area contributed by atoms with Crippen LogP contribution in [0.5, 0.6) is 5.75 Å². The van der Waals surface area contributed by atoms with Gasteiger partial charge in [0, 0.05) is 23.2 Å². The number of hydrogen-bond donors (Lipinski definition) is 2. The maximum atomic E-state index is 12.7. The molecule has 4 aromatic rings. The summed E-state index contributed by atoms with van der Waals surface area (Å²) in [6, 6.07) is 12.5. The molecule has 0 fully saturated rings. The largest absolute Gasteiger partial charge is 0.486 e. The molecule has 3 heterocycles. The standard InChI is InChI=1S/C23H19ClN6O2/c1-13-16(10-25)11-27-23(28-13)29-14(2)18-7-15-8-19(24)21(9-20(15)30-22(18)31)32-12-17-5-3-4-6-26-17/h3-9,11,14H,12H2,1-2H3,(H,30,31)(H,27,28,29). The first kappa shape index (κ1) is 21.3. The fourth-order valence-electron chi connectivity index (χ4n) is 3.21. The van der Waals surface area contributed by atoms with Crippen LogP contribution >= 0.6 is 11.6 Å². The molecular weight excluding hydrogens is 428 g/mol. The monoisotopic (exact) mass is 446 g/mol. The fraction of sp³-hybridized carbons (Fsp3) is 0.174. The molecule has 0 aliphatic heterocycles. The first-order valence-electron chi connectivity index (χ1n) is 9.84. The van der Waals surface area contributed by atoms with Crippen LogP contribution in [0.3, 0.4) is 0 Å². The zero-order valence-corrected chi connectivity index (χ0v) is 18.1. The molecule has 1 unspecified atom stereocenters. The van der Waals surface area contributed by atoms with Gasteiger partial charge in [-0.25, -0.2) is 9.97 Å². The molecule has 2 N–H and O–H groups in total. The van der Waals surface area contributed by atoms with E-state index in [1.54, 1.807) is 31.3 Å². The molecule has 0 bridgehead atoms. The number of halogens is 1. The number of ether oxygens (including phenoxy) is 1. The number of fused-ring (bicyclic) bond motifs is 1. The van der Waals surface area contributed by atoms with Crippen molar-refractivity contribution in [1.82, 2.24) is 19.9 Å². The van der Waals surface area contributed by atoms with Crippen LogP contribution in [0.1, 0.15) is 35.5 Å². The van der Waals surface area contributed by atoms with E-state index >= 15 is 0 Å². The molecule has 0 saturated heterocycles. The third-order valence-electron chi connectivity index (χ3n) is 4.94. The first-order chi connectivity index (χ1) is 15.4. The van der Waals surface area contributed by atoms with Crippen molar-refractivity contribution >= 4 is 28.5 Å². The van der Waals surface area contributed by atoms with Crippen molar-refractivity contribution < 1.29 is 4.74 Å². The summed E-state index contributed by atoms with van der Waals surface area (Å²) in [5.41, 5.74) is 2.60. The second-order valence-electron chi connectivity index (χ2n) is 7.20. The SMILES string of the molecule is Cc1nc(NC(C)c2cc3cc(Cl)c(OCc4ccccn4)cc3[nH]c2=O)ncc1C#N. The lowest BCUT2D eigenvalue weighted by atomic mass is 10.1. The molecule has 160 valence electrons. The van der Waals surface area contributed by atoms with Crippen LogP contribution in [-0.4, -0.2) is 19.9 Å². The molecule has 1 aromatic carbocycles. The summed E-state index contributed by atoms with van der Waals surface area (Å²) in [5, 5.41) is 13.3. The van der Waals surface area contributed by atoms with Crippen LogP contribution in [0, 0.1) is 18.3 Å². The van der Waals surface area contributed by atoms with E-state index in [1.165, 1.54) is 6.20 Å². The third kappa shape index (κ3) is 4.53. The number of nitrogens with one attached hydrogen (secondary N) is 2. The number of hydrogen-bond acceptors (Lipinski definition) is 7. The minimum Gasteiger partial charge on any atom is -0.486 e. The second kappa shape index (κ2) is 9.04. The Balaban J connectivity index is 1.58. The average Bonchev–Trinajstić information content (AvgIpc) is 2.78. The molecular formula is C23H19ClN6O2. The predicted octanol–water partition coefficient (Wildman–Crippen LogP) is 4.30. The summed E-state index contributed by atoms with van der Waals surface area (Å²) in [6.45, 7) is 3.83. The average molecular weight is 447 g/mol. The molecule has 32 heavy (non-hydrogen) atoms. The van der Waals surface area contributed by atoms with Crippen LogP contribution < -0.4 is 15.6 Å². The summed E-state index contributed by atoms with van der Waals surface area (Å²) >= 11 is 6.42. The van der Waals surface area contributed by atoms with Gasteiger partial charge in [0.15, 0.2) is 0 Å². The zero-order chi connectivity index (χ0) is 22.7. The van der Waals surface area contributed by atoms with Gasteiger partial charge in [-0.15, -0.1) is 0 Å². The van der Waals surface area contributed by atoms with Crippen LogP contribution in [0.4, 0.5) is 5.95 Å². The Kier molecular flexibility index (Phi) is 6.01. The van der Waals surface area contributed by atoms with Crippen LogP contribution in [0.25, 0.3) is 10.9 Å². The number of anilines is 1. The highest BCUT2D eigenvalue weighted by Gasteiger charge is 2.15. The van der Waals surface area contributed by atoms with Gasteiger partial charge in [0.2, 0.25) is 5.95 Å². The molecule has 0 aliphatic carbocycles. The maximum Gasteiger partial charge on any atom is 0.253 e. The van der Waals surface area contributed by atoms with E-state index in [0.717, 1.165) is 11.1 Å². The smallest absolute Gasteiger partial charge is 0.253 e. The van der Waals surface area contributed by atoms with E-state index in [1.807, 2.05) is 31.2 Å². The Labute approximate surface area is 188 Å². The van der Waals surface area contributed by atoms with Gasteiger partial charge < -0.3 is 15.0 Å². The third-order valence-corrected chi connectivity index (χ3v) is 5.23. The van der Waals surface area contributed by atoms with Crippen molar-refractivity contribution in [2.75, 3.05) is 5.32 Å². The van der Waals surface area contributed by atoms with E-state index < -0.39 is 0 Å². The molecule has 1 atom stereocenters. The van der Waals surface area contributed by atoms with Crippen molar-refractivity contribution in [3.63, 3.8) is 0 Å². The van der Waals surface area contributed by atoms with Crippen LogP contribution in [0.15, 0.2) is 53.6 Å². The Morgan fingerprint density at radius 2 is 2.12 bits per heavy atom. The highest BCUT2D eigenvalue weighted by Crippen LogP contribution is 2.30. The number of benzene rings is 1. The minimum absolute atomic E-state index is 0.249. The Bertz CT molecular complexity index is 1380. The van der Waals surface area contributed by atoms with Gasteiger partial charge in [-0.05, 0) is 38.1 Å². The summed E-state index contributed by atoms with van der Waals surface area (Å²) in [7, 11) is 0. The molecule has 0 radical (unpaired) electrons. The highest BCUT2D eigenvalue weighted by molar-refractivity contribution is 6.32. The zero-order valence-electron chi connectivity index (χ0n) is 17.4. The number of nitrogens with zero attached hydrogens (tertiary/aromatic N) is 4. The molecule has 4 rings (SSSR count). The number of aromatic nitrogens is 4. The van der Waals surface area contributed by atoms with E-state index in [0.29, 0.717) is 39.1 Å². The minimum atomic E-state index is -0.380. The summed E-state index contributed by atoms with van der Waals surface area (Å²) in [5.74, 6) is 0.797. The number of pyridine rings is 2. The quantitative estimate of drug-likeness (QED) is 0.453. The van der Waals surface area contributed by atoms with Gasteiger partial charge in [-0.2, -0.15) is 5.26 Å². The molecule has 9 heteroatoms. The Hall–Kier alpha value is -3.96. The van der Waals surface area contributed by atoms with Crippen LogP contribution in [-0.2, 0) is 6.61 Å². The second-order valence-corrected chi connectivity index (χ2v) is 7.61. The topological polar surface area (TPSA) is 117 Å². The highest BCUT2D eigenvalue weighted by atomic mass is 35.5. The van der Waals surface area contributed by atoms with E-state index in [-0.39, 0.29) is 18.2 Å². The molecule has 3 aromatic heterocycles. The molecule has 8 nitrogen and oxygen atoms in total. The number of aryl methyl sites for hydroxylation is 1. The van der Waals surface area contributed by atoms with Gasteiger partial charge in [-0.3, -0.25) is 9.78 Å². The van der Waals surface area contributed by atoms with Crippen molar-refractivity contribution in [1.29, 1.82) is 5.26 Å². The number of aromatic amines is 1. The lowest BCUT2D eigenvalue weighted by molar-refractivity contribution is 0.302. The van der Waals surface area contributed by atoms with Gasteiger partial charge in [0.05, 0.1) is 39.7 Å². The normalized spacial score (nSPS) is 11.7. The number of nitriles is 1. The molecule has 0 amide bonds. The van der Waals surface area contributed by atoms with Crippen molar-refractivity contribution in [2.45, 2.75) is 26.5 Å². The van der Waals surface area contributed by atoms with Gasteiger partial charge in [0.1, 0.15) is 18.4 Å². The number of rotatable bonds is 6. The van der Waals surface area contributed by atoms with E-state index in [2.05, 4.69) is 25.3 Å². The molecule has 0 aliphatic rings. The lowest BCUT2D eigenvalue weighted by Crippen LogP contribution is -2.20. The Morgan fingerprint density at radius 3 is 2.84 bits per heavy atom. The van der Waals surface area contributed by atoms with E-state index in [4.69, 9.17) is 21.6 Å². The van der Waals surface area contributed by atoms with Crippen LogP contribution in [0.2, 0.25) is 5.02 Å². The van der Waals surface area contributed by atoms with E-state index in [9.17, 15) is 4.79 Å². The van der Waals surface area contributed by atoms with Crippen molar-refractivity contribution in [3.05, 3.63) is 86.7 Å².